The number of ether oxygens (including phenoxy) is 1. The monoisotopic (exact) mass is 396 g/mol. The number of halogens is 1. The average Bonchev–Trinajstić information content (AvgIpc) is 2.64. The summed E-state index contributed by atoms with van der Waals surface area (Å²) in [6, 6.07) is 21.4. The third-order valence-corrected chi connectivity index (χ3v) is 4.41. The van der Waals surface area contributed by atoms with Gasteiger partial charge in [-0.05, 0) is 24.4 Å². The van der Waals surface area contributed by atoms with Crippen molar-refractivity contribution >= 4 is 38.3 Å². The molecule has 0 fully saturated rings. The molecule has 1 amide bonds. The molecule has 0 radical (unpaired) electrons. The van der Waals surface area contributed by atoms with Crippen LogP contribution in [0.5, 0.6) is 5.75 Å². The molecule has 0 bridgehead atoms. The highest BCUT2D eigenvalue weighted by molar-refractivity contribution is 9.10. The average molecular weight is 397 g/mol. The summed E-state index contributed by atoms with van der Waals surface area (Å²) in [6.45, 7) is 1.74. The van der Waals surface area contributed by atoms with E-state index < -0.39 is 0 Å². The van der Waals surface area contributed by atoms with E-state index in [1.807, 2.05) is 73.7 Å². The predicted octanol–water partition coefficient (Wildman–Crippen LogP) is 4.52. The van der Waals surface area contributed by atoms with Gasteiger partial charge in [0.1, 0.15) is 5.75 Å². The van der Waals surface area contributed by atoms with Crippen LogP contribution in [0, 0.1) is 0 Å². The normalized spacial score (nSPS) is 11.4. The lowest BCUT2D eigenvalue weighted by molar-refractivity contribution is -0.123. The Morgan fingerprint density at radius 3 is 2.60 bits per heavy atom. The van der Waals surface area contributed by atoms with E-state index in [2.05, 4.69) is 26.5 Å². The van der Waals surface area contributed by atoms with Crippen LogP contribution in [0.1, 0.15) is 12.5 Å². The molecule has 0 unspecified atom stereocenters. The molecule has 126 valence electrons. The number of hydrogen-bond donors (Lipinski definition) is 1. The fourth-order valence-electron chi connectivity index (χ4n) is 2.46. The highest BCUT2D eigenvalue weighted by Crippen LogP contribution is 2.24. The quantitative estimate of drug-likeness (QED) is 0.508. The van der Waals surface area contributed by atoms with Crippen molar-refractivity contribution in [1.82, 2.24) is 5.43 Å². The van der Waals surface area contributed by atoms with Crippen molar-refractivity contribution in [3.8, 4) is 5.75 Å². The largest absolute Gasteiger partial charge is 0.483 e. The maximum atomic E-state index is 12.0. The second kappa shape index (κ2) is 7.94. The number of rotatable bonds is 5. The Hall–Kier alpha value is -2.66. The van der Waals surface area contributed by atoms with Gasteiger partial charge in [-0.2, -0.15) is 5.10 Å². The van der Waals surface area contributed by atoms with Crippen molar-refractivity contribution in [3.63, 3.8) is 0 Å². The first kappa shape index (κ1) is 17.2. The third-order valence-electron chi connectivity index (χ3n) is 3.72. The van der Waals surface area contributed by atoms with Gasteiger partial charge in [-0.25, -0.2) is 5.43 Å². The first-order chi connectivity index (χ1) is 12.1. The molecule has 0 aliphatic heterocycles. The van der Waals surface area contributed by atoms with Gasteiger partial charge in [0.25, 0.3) is 5.91 Å². The van der Waals surface area contributed by atoms with Gasteiger partial charge in [-0.15, -0.1) is 0 Å². The van der Waals surface area contributed by atoms with Crippen LogP contribution >= 0.6 is 15.9 Å². The molecule has 0 saturated heterocycles. The lowest BCUT2D eigenvalue weighted by Gasteiger charge is -2.09. The van der Waals surface area contributed by atoms with E-state index in [0.717, 1.165) is 20.8 Å². The van der Waals surface area contributed by atoms with Gasteiger partial charge in [0.2, 0.25) is 0 Å². The van der Waals surface area contributed by atoms with Crippen molar-refractivity contribution in [2.75, 3.05) is 6.61 Å². The van der Waals surface area contributed by atoms with Gasteiger partial charge in [0.15, 0.2) is 6.61 Å². The van der Waals surface area contributed by atoms with Crippen molar-refractivity contribution < 1.29 is 9.53 Å². The summed E-state index contributed by atoms with van der Waals surface area (Å²) in [5.74, 6) is 0.374. The molecule has 0 atom stereocenters. The highest BCUT2D eigenvalue weighted by Gasteiger charge is 2.06. The topological polar surface area (TPSA) is 50.7 Å². The highest BCUT2D eigenvalue weighted by atomic mass is 79.9. The van der Waals surface area contributed by atoms with E-state index >= 15 is 0 Å². The minimum Gasteiger partial charge on any atom is -0.483 e. The Morgan fingerprint density at radius 1 is 1.04 bits per heavy atom. The van der Waals surface area contributed by atoms with E-state index in [0.29, 0.717) is 11.5 Å². The Balaban J connectivity index is 1.63. The molecule has 25 heavy (non-hydrogen) atoms. The molecule has 0 aromatic heterocycles. The fraction of sp³-hybridized carbons (Fsp3) is 0.100. The van der Waals surface area contributed by atoms with Gasteiger partial charge in [0, 0.05) is 15.4 Å². The lowest BCUT2D eigenvalue weighted by Crippen LogP contribution is -2.25. The molecule has 0 saturated carbocycles. The van der Waals surface area contributed by atoms with Gasteiger partial charge in [-0.3, -0.25) is 4.79 Å². The van der Waals surface area contributed by atoms with E-state index in [4.69, 9.17) is 4.74 Å². The molecule has 0 aliphatic rings. The second-order valence-corrected chi connectivity index (χ2v) is 6.33. The number of benzene rings is 3. The molecule has 0 heterocycles. The Labute approximate surface area is 154 Å². The standard InChI is InChI=1S/C20H17BrN2O2/c1-14(16-9-4-5-11-18(16)21)22-23-20(24)13-25-19-12-6-8-15-7-2-3-10-17(15)19/h2-12H,13H2,1H3,(H,23,24). The summed E-state index contributed by atoms with van der Waals surface area (Å²) >= 11 is 3.47. The molecule has 4 nitrogen and oxygen atoms in total. The zero-order valence-corrected chi connectivity index (χ0v) is 15.3. The van der Waals surface area contributed by atoms with Gasteiger partial charge in [0.05, 0.1) is 5.71 Å². The van der Waals surface area contributed by atoms with Crippen molar-refractivity contribution in [2.45, 2.75) is 6.92 Å². The van der Waals surface area contributed by atoms with Crippen LogP contribution in [-0.4, -0.2) is 18.2 Å². The molecule has 3 aromatic rings. The smallest absolute Gasteiger partial charge is 0.277 e. The van der Waals surface area contributed by atoms with Crippen LogP contribution in [0.15, 0.2) is 76.3 Å². The number of hydrazone groups is 1. The lowest BCUT2D eigenvalue weighted by atomic mass is 10.1. The van der Waals surface area contributed by atoms with Gasteiger partial charge < -0.3 is 4.74 Å². The van der Waals surface area contributed by atoms with Gasteiger partial charge >= 0.3 is 0 Å². The predicted molar refractivity (Wildman–Crippen MR) is 104 cm³/mol. The van der Waals surface area contributed by atoms with E-state index in [9.17, 15) is 4.79 Å². The molecule has 5 heteroatoms. The molecule has 3 rings (SSSR count). The number of fused-ring (bicyclic) bond motifs is 1. The summed E-state index contributed by atoms with van der Waals surface area (Å²) in [6.07, 6.45) is 0. The Kier molecular flexibility index (Phi) is 5.46. The number of hydrogen-bond acceptors (Lipinski definition) is 3. The van der Waals surface area contributed by atoms with E-state index in [1.54, 1.807) is 0 Å². The third kappa shape index (κ3) is 4.25. The second-order valence-electron chi connectivity index (χ2n) is 5.48. The first-order valence-corrected chi connectivity index (χ1v) is 8.63. The maximum absolute atomic E-state index is 12.0. The van der Waals surface area contributed by atoms with Crippen molar-refractivity contribution in [1.29, 1.82) is 0 Å². The van der Waals surface area contributed by atoms with Crippen LogP contribution < -0.4 is 10.2 Å². The zero-order valence-electron chi connectivity index (χ0n) is 13.7. The number of carbonyl (C=O) groups excluding carboxylic acids is 1. The molecular formula is C20H17BrN2O2. The van der Waals surface area contributed by atoms with Crippen molar-refractivity contribution in [3.05, 3.63) is 76.8 Å². The van der Waals surface area contributed by atoms with Crippen LogP contribution in [0.3, 0.4) is 0 Å². The van der Waals surface area contributed by atoms with Gasteiger partial charge in [-0.1, -0.05) is 70.5 Å². The molecule has 3 aromatic carbocycles. The fourth-order valence-corrected chi connectivity index (χ4v) is 3.03. The van der Waals surface area contributed by atoms with Crippen molar-refractivity contribution in [2.24, 2.45) is 5.10 Å². The molecule has 0 aliphatic carbocycles. The minimum absolute atomic E-state index is 0.0965. The van der Waals surface area contributed by atoms with E-state index in [-0.39, 0.29) is 12.5 Å². The molecule has 0 spiro atoms. The Bertz CT molecular complexity index is 932. The number of nitrogens with one attached hydrogen (secondary N) is 1. The zero-order chi connectivity index (χ0) is 17.6. The number of amides is 1. The summed E-state index contributed by atoms with van der Waals surface area (Å²) in [7, 11) is 0. The van der Waals surface area contributed by atoms with Crippen LogP contribution in [0.25, 0.3) is 10.8 Å². The summed E-state index contributed by atoms with van der Waals surface area (Å²) in [5.41, 5.74) is 4.17. The molecule has 1 N–H and O–H groups in total. The SMILES string of the molecule is CC(=NNC(=O)COc1cccc2ccccc12)c1ccccc1Br. The Morgan fingerprint density at radius 2 is 1.76 bits per heavy atom. The summed E-state index contributed by atoms with van der Waals surface area (Å²) < 4.78 is 6.58. The number of nitrogens with zero attached hydrogens (tertiary/aromatic N) is 1. The maximum Gasteiger partial charge on any atom is 0.277 e. The van der Waals surface area contributed by atoms with E-state index in [1.165, 1.54) is 0 Å². The first-order valence-electron chi connectivity index (χ1n) is 7.84. The summed E-state index contributed by atoms with van der Waals surface area (Å²) in [4.78, 5) is 12.0. The summed E-state index contributed by atoms with van der Waals surface area (Å²) in [5, 5.41) is 6.19. The van der Waals surface area contributed by atoms with Crippen LogP contribution in [0.4, 0.5) is 0 Å². The molecular weight excluding hydrogens is 380 g/mol. The minimum atomic E-state index is -0.306. The number of carbonyl (C=O) groups is 1. The van der Waals surface area contributed by atoms with Crippen LogP contribution in [-0.2, 0) is 4.79 Å². The van der Waals surface area contributed by atoms with Crippen LogP contribution in [0.2, 0.25) is 0 Å².